The number of hydrogen-bond donors (Lipinski definition) is 1. The molecule has 0 unspecified atom stereocenters. The molecule has 0 aliphatic carbocycles. The third kappa shape index (κ3) is 1.70. The number of rotatable bonds is 2. The molecular weight excluding hydrogens is 204 g/mol. The molecule has 72 valence electrons. The number of hydrogen-bond acceptors (Lipinski definition) is 3. The maximum Gasteiger partial charge on any atom is 0.251 e. The minimum atomic E-state index is -0.216. The van der Waals surface area contributed by atoms with Crippen molar-refractivity contribution >= 4 is 11.6 Å². The van der Waals surface area contributed by atoms with Crippen molar-refractivity contribution in [2.75, 3.05) is 0 Å². The molecule has 0 amide bonds. The molecule has 2 rings (SSSR count). The molecule has 0 aliphatic rings. The van der Waals surface area contributed by atoms with Crippen LogP contribution in [0.25, 0.3) is 11.4 Å². The van der Waals surface area contributed by atoms with Gasteiger partial charge in [-0.25, -0.2) is 4.98 Å². The van der Waals surface area contributed by atoms with Crippen LogP contribution in [0.1, 0.15) is 5.69 Å². The van der Waals surface area contributed by atoms with Gasteiger partial charge in [0.05, 0.1) is 23.4 Å². The summed E-state index contributed by atoms with van der Waals surface area (Å²) in [5, 5.41) is 0. The summed E-state index contributed by atoms with van der Waals surface area (Å²) < 4.78 is 4.89. The van der Waals surface area contributed by atoms with Crippen molar-refractivity contribution in [1.29, 1.82) is 0 Å². The highest BCUT2D eigenvalue weighted by molar-refractivity contribution is 6.16. The SMILES string of the molecule is O=c1cc(CCl)nc(-c2ccoc2)[nH]1. The molecule has 0 atom stereocenters. The molecule has 0 fully saturated rings. The smallest absolute Gasteiger partial charge is 0.251 e. The molecule has 5 heteroatoms. The fourth-order valence-corrected chi connectivity index (χ4v) is 1.25. The first-order valence-electron chi connectivity index (χ1n) is 3.98. The topological polar surface area (TPSA) is 58.9 Å². The Morgan fingerprint density at radius 3 is 3.07 bits per heavy atom. The van der Waals surface area contributed by atoms with E-state index in [0.717, 1.165) is 5.56 Å². The van der Waals surface area contributed by atoms with Crippen molar-refractivity contribution in [3.05, 3.63) is 40.7 Å². The van der Waals surface area contributed by atoms with Crippen LogP contribution in [0.2, 0.25) is 0 Å². The molecule has 2 aromatic heterocycles. The zero-order chi connectivity index (χ0) is 9.97. The molecule has 1 N–H and O–H groups in total. The van der Waals surface area contributed by atoms with Gasteiger partial charge in [0, 0.05) is 6.07 Å². The molecular formula is C9H7ClN2O2. The molecule has 0 bridgehead atoms. The van der Waals surface area contributed by atoms with Gasteiger partial charge in [0.25, 0.3) is 5.56 Å². The summed E-state index contributed by atoms with van der Waals surface area (Å²) >= 11 is 5.59. The predicted octanol–water partition coefficient (Wildman–Crippen LogP) is 1.77. The molecule has 0 aromatic carbocycles. The van der Waals surface area contributed by atoms with Crippen molar-refractivity contribution in [3.8, 4) is 11.4 Å². The van der Waals surface area contributed by atoms with Gasteiger partial charge in [-0.05, 0) is 6.07 Å². The summed E-state index contributed by atoms with van der Waals surface area (Å²) in [7, 11) is 0. The first-order chi connectivity index (χ1) is 6.79. The fourth-order valence-electron chi connectivity index (χ4n) is 1.11. The first-order valence-corrected chi connectivity index (χ1v) is 4.52. The minimum Gasteiger partial charge on any atom is -0.472 e. The average molecular weight is 211 g/mol. The van der Waals surface area contributed by atoms with E-state index in [1.807, 2.05) is 0 Å². The summed E-state index contributed by atoms with van der Waals surface area (Å²) in [6.45, 7) is 0. The Hall–Kier alpha value is -1.55. The van der Waals surface area contributed by atoms with Gasteiger partial charge in [-0.3, -0.25) is 4.79 Å². The van der Waals surface area contributed by atoms with E-state index in [2.05, 4.69) is 9.97 Å². The quantitative estimate of drug-likeness (QED) is 0.769. The fraction of sp³-hybridized carbons (Fsp3) is 0.111. The molecule has 0 saturated heterocycles. The maximum atomic E-state index is 11.2. The summed E-state index contributed by atoms with van der Waals surface area (Å²) in [5.74, 6) is 0.691. The third-order valence-corrected chi connectivity index (χ3v) is 2.00. The van der Waals surface area contributed by atoms with Crippen LogP contribution in [0.15, 0.2) is 33.9 Å². The van der Waals surface area contributed by atoms with Gasteiger partial charge < -0.3 is 9.40 Å². The predicted molar refractivity (Wildman–Crippen MR) is 52.1 cm³/mol. The lowest BCUT2D eigenvalue weighted by atomic mass is 10.3. The highest BCUT2D eigenvalue weighted by Crippen LogP contribution is 2.13. The summed E-state index contributed by atoms with van der Waals surface area (Å²) in [5.41, 5.74) is 1.06. The zero-order valence-electron chi connectivity index (χ0n) is 7.16. The van der Waals surface area contributed by atoms with Crippen LogP contribution in [0.3, 0.4) is 0 Å². The number of nitrogens with zero attached hydrogens (tertiary/aromatic N) is 1. The number of nitrogens with one attached hydrogen (secondary N) is 1. The van der Waals surface area contributed by atoms with Gasteiger partial charge >= 0.3 is 0 Å². The second kappa shape index (κ2) is 3.67. The molecule has 2 heterocycles. The van der Waals surface area contributed by atoms with Crippen LogP contribution < -0.4 is 5.56 Å². The Bertz CT molecular complexity index is 476. The van der Waals surface area contributed by atoms with Crippen molar-refractivity contribution in [3.63, 3.8) is 0 Å². The number of H-pyrrole nitrogens is 1. The Morgan fingerprint density at radius 2 is 2.43 bits per heavy atom. The number of aromatic amines is 1. The molecule has 14 heavy (non-hydrogen) atoms. The summed E-state index contributed by atoms with van der Waals surface area (Å²) in [4.78, 5) is 17.9. The Morgan fingerprint density at radius 1 is 1.57 bits per heavy atom. The van der Waals surface area contributed by atoms with Gasteiger partial charge in [0.1, 0.15) is 12.1 Å². The van der Waals surface area contributed by atoms with E-state index in [-0.39, 0.29) is 11.4 Å². The van der Waals surface area contributed by atoms with Gasteiger partial charge in [0.15, 0.2) is 0 Å². The van der Waals surface area contributed by atoms with Crippen LogP contribution >= 0.6 is 11.6 Å². The van der Waals surface area contributed by atoms with Crippen LogP contribution in [0.5, 0.6) is 0 Å². The van der Waals surface area contributed by atoms with Crippen molar-refractivity contribution in [2.45, 2.75) is 5.88 Å². The lowest BCUT2D eigenvalue weighted by molar-refractivity contribution is 0.568. The van der Waals surface area contributed by atoms with Crippen LogP contribution in [0.4, 0.5) is 0 Å². The molecule has 0 radical (unpaired) electrons. The van der Waals surface area contributed by atoms with Gasteiger partial charge in [-0.1, -0.05) is 0 Å². The molecule has 0 spiro atoms. The van der Waals surface area contributed by atoms with E-state index in [1.165, 1.54) is 18.6 Å². The van der Waals surface area contributed by atoms with Crippen molar-refractivity contribution < 1.29 is 4.42 Å². The number of aromatic nitrogens is 2. The van der Waals surface area contributed by atoms with Gasteiger partial charge in [-0.2, -0.15) is 0 Å². The van der Waals surface area contributed by atoms with Crippen LogP contribution in [0, 0.1) is 0 Å². The van der Waals surface area contributed by atoms with Crippen molar-refractivity contribution in [2.24, 2.45) is 0 Å². The van der Waals surface area contributed by atoms with Crippen molar-refractivity contribution in [1.82, 2.24) is 9.97 Å². The largest absolute Gasteiger partial charge is 0.472 e. The molecule has 4 nitrogen and oxygen atoms in total. The van der Waals surface area contributed by atoms with Gasteiger partial charge in [0.2, 0.25) is 0 Å². The maximum absolute atomic E-state index is 11.2. The van der Waals surface area contributed by atoms with E-state index >= 15 is 0 Å². The van der Waals surface area contributed by atoms with E-state index < -0.39 is 0 Å². The monoisotopic (exact) mass is 210 g/mol. The lowest BCUT2D eigenvalue weighted by Gasteiger charge is -1.98. The number of alkyl halides is 1. The normalized spacial score (nSPS) is 10.4. The molecule has 0 saturated carbocycles. The van der Waals surface area contributed by atoms with Crippen LogP contribution in [-0.4, -0.2) is 9.97 Å². The summed E-state index contributed by atoms with van der Waals surface area (Å²) in [6, 6.07) is 3.09. The molecule has 2 aromatic rings. The standard InChI is InChI=1S/C9H7ClN2O2/c10-4-7-3-8(13)12-9(11-7)6-1-2-14-5-6/h1-3,5H,4H2,(H,11,12,13). The lowest BCUT2D eigenvalue weighted by Crippen LogP contribution is -2.09. The molecule has 0 aliphatic heterocycles. The van der Waals surface area contributed by atoms with E-state index in [1.54, 1.807) is 6.07 Å². The van der Waals surface area contributed by atoms with E-state index in [4.69, 9.17) is 16.0 Å². The second-order valence-corrected chi connectivity index (χ2v) is 3.00. The van der Waals surface area contributed by atoms with Crippen LogP contribution in [-0.2, 0) is 5.88 Å². The minimum absolute atomic E-state index is 0.216. The highest BCUT2D eigenvalue weighted by atomic mass is 35.5. The van der Waals surface area contributed by atoms with E-state index in [0.29, 0.717) is 11.5 Å². The highest BCUT2D eigenvalue weighted by Gasteiger charge is 2.03. The third-order valence-electron chi connectivity index (χ3n) is 1.73. The zero-order valence-corrected chi connectivity index (χ0v) is 7.91. The Balaban J connectivity index is 2.54. The second-order valence-electron chi connectivity index (χ2n) is 2.73. The average Bonchev–Trinajstić information content (AvgIpc) is 2.69. The van der Waals surface area contributed by atoms with E-state index in [9.17, 15) is 4.79 Å². The number of furan rings is 1. The Labute approximate surface area is 84.6 Å². The summed E-state index contributed by atoms with van der Waals surface area (Å²) in [6.07, 6.45) is 3.03. The van der Waals surface area contributed by atoms with Gasteiger partial charge in [-0.15, -0.1) is 11.6 Å². The Kier molecular flexibility index (Phi) is 2.37. The number of halogens is 1. The first kappa shape index (κ1) is 9.02.